The van der Waals surface area contributed by atoms with Gasteiger partial charge in [-0.1, -0.05) is 12.1 Å². The zero-order valence-corrected chi connectivity index (χ0v) is 10.2. The van der Waals surface area contributed by atoms with E-state index in [1.807, 2.05) is 0 Å². The lowest BCUT2D eigenvalue weighted by atomic mass is 10.1. The third kappa shape index (κ3) is 1.85. The van der Waals surface area contributed by atoms with Crippen LogP contribution < -0.4 is 0 Å². The van der Waals surface area contributed by atoms with Crippen molar-refractivity contribution in [2.75, 3.05) is 0 Å². The maximum Gasteiger partial charge on any atom is 0.282 e. The van der Waals surface area contributed by atoms with Gasteiger partial charge in [-0.05, 0) is 31.2 Å². The van der Waals surface area contributed by atoms with Crippen LogP contribution >= 0.6 is 0 Å². The molecule has 0 bridgehead atoms. The third-order valence-corrected chi connectivity index (χ3v) is 2.83. The third-order valence-electron chi connectivity index (χ3n) is 2.83. The fourth-order valence-corrected chi connectivity index (χ4v) is 1.92. The number of carbonyl (C=O) groups is 2. The molecule has 0 spiro atoms. The second-order valence-electron chi connectivity index (χ2n) is 4.16. The van der Waals surface area contributed by atoms with Crippen LogP contribution in [0.4, 0.5) is 0 Å². The Morgan fingerprint density at radius 2 is 1.68 bits per heavy atom. The molecule has 5 heteroatoms. The molecule has 0 unspecified atom stereocenters. The number of hydrogen-bond acceptors (Lipinski definition) is 4. The van der Waals surface area contributed by atoms with Crippen molar-refractivity contribution in [1.29, 1.82) is 0 Å². The summed E-state index contributed by atoms with van der Waals surface area (Å²) >= 11 is 0. The number of fused-ring (bicyclic) bond motifs is 1. The Bertz CT molecular complexity index is 665. The molecule has 1 aromatic carbocycles. The molecule has 5 nitrogen and oxygen atoms in total. The molecular formula is C14H10N2O3. The number of imide groups is 1. The van der Waals surface area contributed by atoms with E-state index in [1.54, 1.807) is 43.3 Å². The summed E-state index contributed by atoms with van der Waals surface area (Å²) in [4.78, 5) is 24.0. The molecule has 19 heavy (non-hydrogen) atoms. The van der Waals surface area contributed by atoms with Gasteiger partial charge in [-0.25, -0.2) is 0 Å². The van der Waals surface area contributed by atoms with Crippen LogP contribution in [0, 0.1) is 6.92 Å². The molecule has 2 heterocycles. The van der Waals surface area contributed by atoms with Crippen LogP contribution in [-0.4, -0.2) is 23.0 Å². The molecular weight excluding hydrogens is 244 g/mol. The van der Waals surface area contributed by atoms with Crippen molar-refractivity contribution in [3.05, 3.63) is 59.0 Å². The Morgan fingerprint density at radius 1 is 1.05 bits per heavy atom. The van der Waals surface area contributed by atoms with Crippen molar-refractivity contribution in [2.45, 2.75) is 6.92 Å². The second-order valence-corrected chi connectivity index (χ2v) is 4.16. The van der Waals surface area contributed by atoms with Crippen LogP contribution in [0.25, 0.3) is 0 Å². The average Bonchev–Trinajstić information content (AvgIpc) is 2.93. The van der Waals surface area contributed by atoms with E-state index < -0.39 is 11.8 Å². The first kappa shape index (κ1) is 11.4. The highest BCUT2D eigenvalue weighted by Crippen LogP contribution is 2.22. The van der Waals surface area contributed by atoms with E-state index in [2.05, 4.69) is 5.10 Å². The molecule has 1 aromatic heterocycles. The first-order chi connectivity index (χ1) is 9.16. The molecule has 0 radical (unpaired) electrons. The summed E-state index contributed by atoms with van der Waals surface area (Å²) in [6, 6.07) is 10.2. The standard InChI is InChI=1S/C14H10N2O3/c1-9-6-7-10(19-9)8-15-16-13(17)11-4-2-3-5-12(11)14(16)18/h2-8H,1H3/b15-8+. The molecule has 0 saturated carbocycles. The van der Waals surface area contributed by atoms with Gasteiger partial charge in [-0.15, -0.1) is 0 Å². The van der Waals surface area contributed by atoms with E-state index in [-0.39, 0.29) is 0 Å². The molecule has 3 rings (SSSR count). The fraction of sp³-hybridized carbons (Fsp3) is 0.0714. The topological polar surface area (TPSA) is 62.9 Å². The molecule has 0 atom stereocenters. The lowest BCUT2D eigenvalue weighted by molar-refractivity contribution is 0.0660. The molecule has 94 valence electrons. The summed E-state index contributed by atoms with van der Waals surface area (Å²) in [6.45, 7) is 1.80. The molecule has 0 fully saturated rings. The maximum absolute atomic E-state index is 12.0. The fourth-order valence-electron chi connectivity index (χ4n) is 1.92. The van der Waals surface area contributed by atoms with Gasteiger partial charge in [0, 0.05) is 0 Å². The molecule has 0 aliphatic carbocycles. The number of carbonyl (C=O) groups excluding carboxylic acids is 2. The normalized spacial score (nSPS) is 14.5. The van der Waals surface area contributed by atoms with Crippen LogP contribution in [0.15, 0.2) is 45.9 Å². The van der Waals surface area contributed by atoms with Crippen molar-refractivity contribution in [2.24, 2.45) is 5.10 Å². The number of amides is 2. The summed E-state index contributed by atoms with van der Waals surface area (Å²) in [5.41, 5.74) is 0.751. The smallest absolute Gasteiger partial charge is 0.282 e. The number of furan rings is 1. The molecule has 1 aliphatic rings. The quantitative estimate of drug-likeness (QED) is 0.609. The van der Waals surface area contributed by atoms with E-state index in [9.17, 15) is 9.59 Å². The van der Waals surface area contributed by atoms with E-state index in [0.29, 0.717) is 16.9 Å². The van der Waals surface area contributed by atoms with Crippen molar-refractivity contribution >= 4 is 18.0 Å². The summed E-state index contributed by atoms with van der Waals surface area (Å²) in [6.07, 6.45) is 1.36. The minimum atomic E-state index is -0.417. The predicted octanol–water partition coefficient (Wildman–Crippen LogP) is 2.22. The number of nitrogens with zero attached hydrogens (tertiary/aromatic N) is 2. The van der Waals surface area contributed by atoms with E-state index in [1.165, 1.54) is 6.21 Å². The van der Waals surface area contributed by atoms with E-state index >= 15 is 0 Å². The van der Waals surface area contributed by atoms with Crippen molar-refractivity contribution in [1.82, 2.24) is 5.01 Å². The first-order valence-electron chi connectivity index (χ1n) is 5.75. The van der Waals surface area contributed by atoms with Gasteiger partial charge in [-0.3, -0.25) is 9.59 Å². The van der Waals surface area contributed by atoms with Gasteiger partial charge < -0.3 is 4.42 Å². The van der Waals surface area contributed by atoms with Gasteiger partial charge in [0.15, 0.2) is 0 Å². The highest BCUT2D eigenvalue weighted by molar-refractivity contribution is 6.21. The second kappa shape index (κ2) is 4.20. The predicted molar refractivity (Wildman–Crippen MR) is 68.0 cm³/mol. The zero-order valence-electron chi connectivity index (χ0n) is 10.2. The Hall–Kier alpha value is -2.69. The van der Waals surface area contributed by atoms with Gasteiger partial charge in [-0.2, -0.15) is 10.1 Å². The van der Waals surface area contributed by atoms with E-state index in [0.717, 1.165) is 10.8 Å². The van der Waals surface area contributed by atoms with E-state index in [4.69, 9.17) is 4.42 Å². The van der Waals surface area contributed by atoms with Crippen molar-refractivity contribution < 1.29 is 14.0 Å². The highest BCUT2D eigenvalue weighted by atomic mass is 16.3. The summed E-state index contributed by atoms with van der Waals surface area (Å²) in [7, 11) is 0. The average molecular weight is 254 g/mol. The SMILES string of the molecule is Cc1ccc(/C=N/N2C(=O)c3ccccc3C2=O)o1. The number of hydrazone groups is 1. The molecule has 2 aromatic rings. The maximum atomic E-state index is 12.0. The monoisotopic (exact) mass is 254 g/mol. The van der Waals surface area contributed by atoms with Crippen LogP contribution in [-0.2, 0) is 0 Å². The Kier molecular flexibility index (Phi) is 2.52. The van der Waals surface area contributed by atoms with Gasteiger partial charge in [0.25, 0.3) is 11.8 Å². The van der Waals surface area contributed by atoms with Gasteiger partial charge >= 0.3 is 0 Å². The lowest BCUT2D eigenvalue weighted by Gasteiger charge is -2.04. The molecule has 0 N–H and O–H groups in total. The number of rotatable bonds is 2. The highest BCUT2D eigenvalue weighted by Gasteiger charge is 2.35. The number of benzene rings is 1. The van der Waals surface area contributed by atoms with Crippen molar-refractivity contribution in [3.8, 4) is 0 Å². The Morgan fingerprint density at radius 3 is 2.21 bits per heavy atom. The van der Waals surface area contributed by atoms with Crippen LogP contribution in [0.2, 0.25) is 0 Å². The molecule has 1 aliphatic heterocycles. The molecule has 2 amide bonds. The van der Waals surface area contributed by atoms with Gasteiger partial charge in [0.2, 0.25) is 0 Å². The first-order valence-corrected chi connectivity index (χ1v) is 5.75. The molecule has 0 saturated heterocycles. The van der Waals surface area contributed by atoms with Crippen LogP contribution in [0.5, 0.6) is 0 Å². The number of aryl methyl sites for hydroxylation is 1. The number of hydrogen-bond donors (Lipinski definition) is 0. The Balaban J connectivity index is 1.90. The summed E-state index contributed by atoms with van der Waals surface area (Å²) in [5.74, 6) is 0.401. The van der Waals surface area contributed by atoms with Crippen LogP contribution in [0.3, 0.4) is 0 Å². The summed E-state index contributed by atoms with van der Waals surface area (Å²) in [5, 5.41) is 4.75. The largest absolute Gasteiger partial charge is 0.460 e. The minimum Gasteiger partial charge on any atom is -0.460 e. The van der Waals surface area contributed by atoms with Gasteiger partial charge in [0.1, 0.15) is 11.5 Å². The zero-order chi connectivity index (χ0) is 13.4. The van der Waals surface area contributed by atoms with Crippen LogP contribution in [0.1, 0.15) is 32.2 Å². The minimum absolute atomic E-state index is 0.375. The Labute approximate surface area is 109 Å². The van der Waals surface area contributed by atoms with Crippen molar-refractivity contribution in [3.63, 3.8) is 0 Å². The lowest BCUT2D eigenvalue weighted by Crippen LogP contribution is -2.23. The van der Waals surface area contributed by atoms with Gasteiger partial charge in [0.05, 0.1) is 17.3 Å². The summed E-state index contributed by atoms with van der Waals surface area (Å²) < 4.78 is 5.29.